The quantitative estimate of drug-likeness (QED) is 0.769. The Morgan fingerprint density at radius 3 is 2.46 bits per heavy atom. The maximum Gasteiger partial charge on any atom is 0.345 e. The zero-order valence-corrected chi connectivity index (χ0v) is 16.5. The third kappa shape index (κ3) is 3.25. The molecule has 0 aliphatic carbocycles. The summed E-state index contributed by atoms with van der Waals surface area (Å²) in [7, 11) is -3.90. The van der Waals surface area contributed by atoms with Gasteiger partial charge in [-0.15, -0.1) is 0 Å². The third-order valence-electron chi connectivity index (χ3n) is 3.79. The van der Waals surface area contributed by atoms with Crippen LogP contribution in [0.1, 0.15) is 25.0 Å². The SMILES string of the molecule is CCN(CC)C(=O)n1ncc(Br)c1S(=O)(=O)c1cc(C)ccc1C. The summed E-state index contributed by atoms with van der Waals surface area (Å²) in [6, 6.07) is 4.75. The highest BCUT2D eigenvalue weighted by molar-refractivity contribution is 9.10. The Hall–Kier alpha value is -1.67. The number of carbonyl (C=O) groups excluding carboxylic acids is 1. The zero-order chi connectivity index (χ0) is 18.1. The lowest BCUT2D eigenvalue weighted by molar-refractivity contribution is 0.199. The Morgan fingerprint density at radius 2 is 1.88 bits per heavy atom. The Balaban J connectivity index is 2.66. The Bertz CT molecular complexity index is 871. The van der Waals surface area contributed by atoms with Crippen LogP contribution in [0.4, 0.5) is 4.79 Å². The first-order valence-electron chi connectivity index (χ1n) is 7.59. The summed E-state index contributed by atoms with van der Waals surface area (Å²) >= 11 is 3.22. The van der Waals surface area contributed by atoms with Crippen molar-refractivity contribution in [1.82, 2.24) is 14.7 Å². The second-order valence-electron chi connectivity index (χ2n) is 5.44. The predicted octanol–water partition coefficient (Wildman–Crippen LogP) is 3.41. The van der Waals surface area contributed by atoms with Gasteiger partial charge >= 0.3 is 6.03 Å². The number of hydrogen-bond acceptors (Lipinski definition) is 4. The number of halogens is 1. The molecule has 1 amide bonds. The van der Waals surface area contributed by atoms with Gasteiger partial charge in [-0.25, -0.2) is 13.2 Å². The van der Waals surface area contributed by atoms with Gasteiger partial charge in [-0.2, -0.15) is 9.78 Å². The van der Waals surface area contributed by atoms with Gasteiger partial charge in [0.1, 0.15) is 0 Å². The van der Waals surface area contributed by atoms with Gasteiger partial charge in [0.05, 0.1) is 15.6 Å². The summed E-state index contributed by atoms with van der Waals surface area (Å²) in [4.78, 5) is 14.3. The molecule has 1 heterocycles. The van der Waals surface area contributed by atoms with Gasteiger partial charge in [0.2, 0.25) is 9.84 Å². The smallest absolute Gasteiger partial charge is 0.323 e. The lowest BCUT2D eigenvalue weighted by Gasteiger charge is -2.19. The van der Waals surface area contributed by atoms with Crippen molar-refractivity contribution >= 4 is 31.8 Å². The fourth-order valence-electron chi connectivity index (χ4n) is 2.42. The molecular weight excluding hydrogens is 394 g/mol. The van der Waals surface area contributed by atoms with E-state index in [0.29, 0.717) is 18.7 Å². The zero-order valence-electron chi connectivity index (χ0n) is 14.1. The van der Waals surface area contributed by atoms with Gasteiger partial charge < -0.3 is 4.90 Å². The molecule has 1 aromatic heterocycles. The predicted molar refractivity (Wildman–Crippen MR) is 95.0 cm³/mol. The molecule has 0 spiro atoms. The van der Waals surface area contributed by atoms with Crippen molar-refractivity contribution in [1.29, 1.82) is 0 Å². The van der Waals surface area contributed by atoms with E-state index >= 15 is 0 Å². The molecule has 0 radical (unpaired) electrons. The van der Waals surface area contributed by atoms with E-state index < -0.39 is 15.9 Å². The second kappa shape index (κ2) is 7.06. The molecule has 130 valence electrons. The molecule has 24 heavy (non-hydrogen) atoms. The molecule has 0 atom stereocenters. The van der Waals surface area contributed by atoms with Crippen molar-refractivity contribution in [2.45, 2.75) is 37.6 Å². The normalized spacial score (nSPS) is 11.5. The molecule has 0 saturated heterocycles. The van der Waals surface area contributed by atoms with Crippen LogP contribution in [0.25, 0.3) is 0 Å². The van der Waals surface area contributed by atoms with Crippen LogP contribution < -0.4 is 0 Å². The summed E-state index contributed by atoms with van der Waals surface area (Å²) in [5.74, 6) is 0. The molecule has 8 heteroatoms. The molecule has 0 saturated carbocycles. The molecule has 0 fully saturated rings. The topological polar surface area (TPSA) is 72.3 Å². The number of sulfone groups is 1. The lowest BCUT2D eigenvalue weighted by Crippen LogP contribution is -2.36. The van der Waals surface area contributed by atoms with Crippen molar-refractivity contribution in [3.05, 3.63) is 40.0 Å². The molecule has 6 nitrogen and oxygen atoms in total. The number of benzene rings is 1. The van der Waals surface area contributed by atoms with E-state index in [0.717, 1.165) is 10.2 Å². The van der Waals surface area contributed by atoms with Crippen molar-refractivity contribution in [2.75, 3.05) is 13.1 Å². The maximum atomic E-state index is 13.2. The van der Waals surface area contributed by atoms with Crippen LogP contribution in [0, 0.1) is 13.8 Å². The summed E-state index contributed by atoms with van der Waals surface area (Å²) in [5, 5.41) is 3.83. The highest BCUT2D eigenvalue weighted by atomic mass is 79.9. The van der Waals surface area contributed by atoms with E-state index in [1.165, 1.54) is 11.1 Å². The van der Waals surface area contributed by atoms with E-state index in [4.69, 9.17) is 0 Å². The van der Waals surface area contributed by atoms with Gasteiger partial charge in [-0.1, -0.05) is 12.1 Å². The molecule has 0 aliphatic rings. The number of carbonyl (C=O) groups is 1. The maximum absolute atomic E-state index is 13.2. The van der Waals surface area contributed by atoms with Crippen molar-refractivity contribution < 1.29 is 13.2 Å². The van der Waals surface area contributed by atoms with Crippen molar-refractivity contribution in [2.24, 2.45) is 0 Å². The molecule has 0 N–H and O–H groups in total. The van der Waals surface area contributed by atoms with Crippen LogP contribution in [0.3, 0.4) is 0 Å². The average molecular weight is 414 g/mol. The van der Waals surface area contributed by atoms with Crippen LogP contribution in [0.2, 0.25) is 0 Å². The fourth-order valence-corrected chi connectivity index (χ4v) is 5.03. The highest BCUT2D eigenvalue weighted by Crippen LogP contribution is 2.30. The van der Waals surface area contributed by atoms with Gasteiger partial charge in [-0.3, -0.25) is 0 Å². The largest absolute Gasteiger partial charge is 0.345 e. The summed E-state index contributed by atoms with van der Waals surface area (Å²) in [6.45, 7) is 8.15. The minimum atomic E-state index is -3.90. The molecule has 1 aromatic carbocycles. The Morgan fingerprint density at radius 1 is 1.25 bits per heavy atom. The van der Waals surface area contributed by atoms with E-state index in [1.807, 2.05) is 26.8 Å². The van der Waals surface area contributed by atoms with Gasteiger partial charge in [0.25, 0.3) is 0 Å². The fraction of sp³-hybridized carbons (Fsp3) is 0.375. The first kappa shape index (κ1) is 18.7. The van der Waals surface area contributed by atoms with Gasteiger partial charge in [-0.05, 0) is 60.8 Å². The average Bonchev–Trinajstić information content (AvgIpc) is 2.93. The molecule has 0 aliphatic heterocycles. The van der Waals surface area contributed by atoms with Crippen LogP contribution in [0.15, 0.2) is 38.8 Å². The van der Waals surface area contributed by atoms with E-state index in [1.54, 1.807) is 19.1 Å². The molecule has 0 unspecified atom stereocenters. The highest BCUT2D eigenvalue weighted by Gasteiger charge is 2.31. The van der Waals surface area contributed by atoms with Crippen molar-refractivity contribution in [3.63, 3.8) is 0 Å². The summed E-state index contributed by atoms with van der Waals surface area (Å²) in [5.41, 5.74) is 1.45. The number of hydrogen-bond donors (Lipinski definition) is 0. The number of nitrogens with zero attached hydrogens (tertiary/aromatic N) is 3. The monoisotopic (exact) mass is 413 g/mol. The van der Waals surface area contributed by atoms with E-state index in [-0.39, 0.29) is 14.4 Å². The number of rotatable bonds is 4. The number of aryl methyl sites for hydroxylation is 2. The van der Waals surface area contributed by atoms with Crippen LogP contribution in [-0.2, 0) is 9.84 Å². The minimum Gasteiger partial charge on any atom is -0.323 e. The minimum absolute atomic E-state index is 0.145. The first-order chi connectivity index (χ1) is 11.2. The molecule has 0 bridgehead atoms. The molecule has 2 rings (SSSR count). The summed E-state index contributed by atoms with van der Waals surface area (Å²) < 4.78 is 27.5. The number of amides is 1. The Kier molecular flexibility index (Phi) is 5.49. The molecular formula is C16H20BrN3O3S. The first-order valence-corrected chi connectivity index (χ1v) is 9.86. The second-order valence-corrected chi connectivity index (χ2v) is 8.12. The summed E-state index contributed by atoms with van der Waals surface area (Å²) in [6.07, 6.45) is 1.33. The lowest BCUT2D eigenvalue weighted by atomic mass is 10.2. The van der Waals surface area contributed by atoms with E-state index in [9.17, 15) is 13.2 Å². The molecule has 2 aromatic rings. The van der Waals surface area contributed by atoms with Crippen molar-refractivity contribution in [3.8, 4) is 0 Å². The van der Waals surface area contributed by atoms with Gasteiger partial charge in [0, 0.05) is 13.1 Å². The standard InChI is InChI=1S/C16H20BrN3O3S/c1-5-19(6-2)16(21)20-15(13(17)10-18-20)24(22,23)14-9-11(3)7-8-12(14)4/h7-10H,5-6H2,1-4H3. The van der Waals surface area contributed by atoms with Gasteiger partial charge in [0.15, 0.2) is 5.03 Å². The van der Waals surface area contributed by atoms with Crippen LogP contribution >= 0.6 is 15.9 Å². The number of aromatic nitrogens is 2. The van der Waals surface area contributed by atoms with Crippen LogP contribution in [-0.4, -0.2) is 42.2 Å². The third-order valence-corrected chi connectivity index (χ3v) is 6.55. The Labute approximate surface area is 150 Å². The van der Waals surface area contributed by atoms with Crippen LogP contribution in [0.5, 0.6) is 0 Å². The van der Waals surface area contributed by atoms with E-state index in [2.05, 4.69) is 21.0 Å².